The molecular formula is C12H18N2O2. The second-order valence-corrected chi connectivity index (χ2v) is 4.07. The van der Waals surface area contributed by atoms with Crippen molar-refractivity contribution in [1.29, 1.82) is 0 Å². The van der Waals surface area contributed by atoms with Gasteiger partial charge in [-0.1, -0.05) is 32.0 Å². The van der Waals surface area contributed by atoms with E-state index >= 15 is 0 Å². The third kappa shape index (κ3) is 3.24. The summed E-state index contributed by atoms with van der Waals surface area (Å²) in [5.74, 6) is -0.598. The molecule has 0 aromatic heterocycles. The van der Waals surface area contributed by atoms with Crippen molar-refractivity contribution in [2.45, 2.75) is 25.8 Å². The molecule has 1 rings (SSSR count). The molecule has 0 fully saturated rings. The molecule has 1 atom stereocenters. The van der Waals surface area contributed by atoms with E-state index in [2.05, 4.69) is 19.2 Å². The maximum absolute atomic E-state index is 10.6. The number of carboxylic acids is 1. The first-order valence-corrected chi connectivity index (χ1v) is 5.33. The summed E-state index contributed by atoms with van der Waals surface area (Å²) < 4.78 is 0. The van der Waals surface area contributed by atoms with E-state index in [9.17, 15) is 4.79 Å². The lowest BCUT2D eigenvalue weighted by atomic mass is 10.0. The molecule has 0 spiro atoms. The summed E-state index contributed by atoms with van der Waals surface area (Å²) in [4.78, 5) is 10.6. The van der Waals surface area contributed by atoms with Crippen LogP contribution in [0.1, 0.15) is 25.3 Å². The van der Waals surface area contributed by atoms with E-state index in [1.807, 2.05) is 24.3 Å². The van der Waals surface area contributed by atoms with Gasteiger partial charge in [-0.2, -0.15) is 0 Å². The SMILES string of the molecule is CC(C)c1ccccc1NCC(N)C(=O)O. The summed E-state index contributed by atoms with van der Waals surface area (Å²) in [5.41, 5.74) is 7.55. The second kappa shape index (κ2) is 5.51. The topological polar surface area (TPSA) is 75.3 Å². The van der Waals surface area contributed by atoms with E-state index in [1.165, 1.54) is 5.56 Å². The fourth-order valence-electron chi connectivity index (χ4n) is 1.47. The molecule has 0 saturated carbocycles. The van der Waals surface area contributed by atoms with Crippen molar-refractivity contribution in [2.75, 3.05) is 11.9 Å². The minimum Gasteiger partial charge on any atom is -0.480 e. The molecule has 0 radical (unpaired) electrons. The monoisotopic (exact) mass is 222 g/mol. The summed E-state index contributed by atoms with van der Waals surface area (Å²) in [5, 5.41) is 11.7. The van der Waals surface area contributed by atoms with Crippen molar-refractivity contribution in [1.82, 2.24) is 0 Å². The third-order valence-electron chi connectivity index (χ3n) is 2.41. The molecular weight excluding hydrogens is 204 g/mol. The molecule has 0 saturated heterocycles. The standard InChI is InChI=1S/C12H18N2O2/c1-8(2)9-5-3-4-6-11(9)14-7-10(13)12(15)16/h3-6,8,10,14H,7,13H2,1-2H3,(H,15,16). The van der Waals surface area contributed by atoms with Gasteiger partial charge in [0.05, 0.1) is 0 Å². The van der Waals surface area contributed by atoms with Crippen molar-refractivity contribution >= 4 is 11.7 Å². The number of para-hydroxylation sites is 1. The second-order valence-electron chi connectivity index (χ2n) is 4.07. The van der Waals surface area contributed by atoms with Crippen LogP contribution >= 0.6 is 0 Å². The molecule has 0 aliphatic rings. The summed E-state index contributed by atoms with van der Waals surface area (Å²) >= 11 is 0. The van der Waals surface area contributed by atoms with Crippen molar-refractivity contribution in [3.63, 3.8) is 0 Å². The highest BCUT2D eigenvalue weighted by atomic mass is 16.4. The maximum Gasteiger partial charge on any atom is 0.322 e. The van der Waals surface area contributed by atoms with Crippen molar-refractivity contribution < 1.29 is 9.90 Å². The van der Waals surface area contributed by atoms with Crippen LogP contribution in [0.2, 0.25) is 0 Å². The predicted molar refractivity (Wildman–Crippen MR) is 64.6 cm³/mol. The smallest absolute Gasteiger partial charge is 0.322 e. The Balaban J connectivity index is 2.70. The Labute approximate surface area is 95.5 Å². The largest absolute Gasteiger partial charge is 0.480 e. The zero-order valence-electron chi connectivity index (χ0n) is 9.60. The Morgan fingerprint density at radius 3 is 2.62 bits per heavy atom. The third-order valence-corrected chi connectivity index (χ3v) is 2.41. The van der Waals surface area contributed by atoms with E-state index < -0.39 is 12.0 Å². The van der Waals surface area contributed by atoms with Gasteiger partial charge in [-0.15, -0.1) is 0 Å². The highest BCUT2D eigenvalue weighted by Crippen LogP contribution is 2.23. The molecule has 88 valence electrons. The first kappa shape index (κ1) is 12.5. The van der Waals surface area contributed by atoms with Gasteiger partial charge in [0.1, 0.15) is 6.04 Å². The molecule has 0 bridgehead atoms. The average Bonchev–Trinajstić information content (AvgIpc) is 2.25. The molecule has 0 heterocycles. The number of benzene rings is 1. The molecule has 1 unspecified atom stereocenters. The van der Waals surface area contributed by atoms with E-state index in [0.717, 1.165) is 5.69 Å². The molecule has 0 aliphatic carbocycles. The fraction of sp³-hybridized carbons (Fsp3) is 0.417. The highest BCUT2D eigenvalue weighted by Gasteiger charge is 2.12. The Morgan fingerprint density at radius 2 is 2.06 bits per heavy atom. The molecule has 4 nitrogen and oxygen atoms in total. The quantitative estimate of drug-likeness (QED) is 0.708. The van der Waals surface area contributed by atoms with Crippen molar-refractivity contribution in [3.8, 4) is 0 Å². The van der Waals surface area contributed by atoms with Gasteiger partial charge in [-0.05, 0) is 17.5 Å². The van der Waals surface area contributed by atoms with Gasteiger partial charge in [0.15, 0.2) is 0 Å². The molecule has 16 heavy (non-hydrogen) atoms. The zero-order valence-corrected chi connectivity index (χ0v) is 9.60. The van der Waals surface area contributed by atoms with Crippen LogP contribution in [-0.2, 0) is 4.79 Å². The van der Waals surface area contributed by atoms with Gasteiger partial charge < -0.3 is 16.2 Å². The number of carboxylic acid groups (broad SMARTS) is 1. The van der Waals surface area contributed by atoms with Gasteiger partial charge in [-0.25, -0.2) is 0 Å². The van der Waals surface area contributed by atoms with Crippen LogP contribution in [0.5, 0.6) is 0 Å². The lowest BCUT2D eigenvalue weighted by molar-refractivity contribution is -0.138. The molecule has 4 N–H and O–H groups in total. The fourth-order valence-corrected chi connectivity index (χ4v) is 1.47. The van der Waals surface area contributed by atoms with E-state index in [1.54, 1.807) is 0 Å². The molecule has 4 heteroatoms. The number of aliphatic carboxylic acids is 1. The minimum absolute atomic E-state index is 0.235. The number of rotatable bonds is 5. The first-order chi connectivity index (χ1) is 7.52. The van der Waals surface area contributed by atoms with Crippen molar-refractivity contribution in [2.24, 2.45) is 5.73 Å². The summed E-state index contributed by atoms with van der Waals surface area (Å²) in [7, 11) is 0. The summed E-state index contributed by atoms with van der Waals surface area (Å²) in [6.07, 6.45) is 0. The Bertz CT molecular complexity index is 364. The van der Waals surface area contributed by atoms with Gasteiger partial charge in [0, 0.05) is 12.2 Å². The number of nitrogens with two attached hydrogens (primary N) is 1. The molecule has 0 amide bonds. The predicted octanol–water partition coefficient (Wildman–Crippen LogP) is 1.63. The minimum atomic E-state index is -0.991. The average molecular weight is 222 g/mol. The highest BCUT2D eigenvalue weighted by molar-refractivity contribution is 5.74. The Morgan fingerprint density at radius 1 is 1.44 bits per heavy atom. The molecule has 1 aromatic rings. The number of nitrogens with one attached hydrogen (secondary N) is 1. The van der Waals surface area contributed by atoms with Crippen LogP contribution in [0.15, 0.2) is 24.3 Å². The van der Waals surface area contributed by atoms with Crippen molar-refractivity contribution in [3.05, 3.63) is 29.8 Å². The van der Waals surface area contributed by atoms with Crippen LogP contribution in [0.25, 0.3) is 0 Å². The van der Waals surface area contributed by atoms with Crippen LogP contribution in [0.3, 0.4) is 0 Å². The summed E-state index contributed by atoms with van der Waals surface area (Å²) in [6.45, 7) is 4.42. The van der Waals surface area contributed by atoms with Crippen LogP contribution < -0.4 is 11.1 Å². The Kier molecular flexibility index (Phi) is 4.31. The number of hydrogen-bond donors (Lipinski definition) is 3. The van der Waals surface area contributed by atoms with E-state index in [0.29, 0.717) is 5.92 Å². The van der Waals surface area contributed by atoms with Crippen LogP contribution in [-0.4, -0.2) is 23.7 Å². The zero-order chi connectivity index (χ0) is 12.1. The number of carbonyl (C=O) groups is 1. The van der Waals surface area contributed by atoms with Gasteiger partial charge in [-0.3, -0.25) is 4.79 Å². The van der Waals surface area contributed by atoms with E-state index in [-0.39, 0.29) is 6.54 Å². The Hall–Kier alpha value is -1.55. The van der Waals surface area contributed by atoms with Gasteiger partial charge in [0.2, 0.25) is 0 Å². The van der Waals surface area contributed by atoms with E-state index in [4.69, 9.17) is 10.8 Å². The molecule has 1 aromatic carbocycles. The molecule has 0 aliphatic heterocycles. The van der Waals surface area contributed by atoms with Gasteiger partial charge >= 0.3 is 5.97 Å². The number of anilines is 1. The maximum atomic E-state index is 10.6. The number of hydrogen-bond acceptors (Lipinski definition) is 3. The lowest BCUT2D eigenvalue weighted by Gasteiger charge is -2.15. The summed E-state index contributed by atoms with van der Waals surface area (Å²) in [6, 6.07) is 6.97. The lowest BCUT2D eigenvalue weighted by Crippen LogP contribution is -2.37. The van der Waals surface area contributed by atoms with Crippen LogP contribution in [0, 0.1) is 0 Å². The van der Waals surface area contributed by atoms with Crippen LogP contribution in [0.4, 0.5) is 5.69 Å². The normalized spacial score (nSPS) is 12.5. The first-order valence-electron chi connectivity index (χ1n) is 5.33. The van der Waals surface area contributed by atoms with Gasteiger partial charge in [0.25, 0.3) is 0 Å².